The molecule has 0 heterocycles. The zero-order valence-electron chi connectivity index (χ0n) is 9.99. The van der Waals surface area contributed by atoms with Crippen LogP contribution in [0.2, 0.25) is 0 Å². The topological polar surface area (TPSA) is 46.5 Å². The zero-order valence-corrected chi connectivity index (χ0v) is 9.99. The second kappa shape index (κ2) is 5.66. The van der Waals surface area contributed by atoms with Gasteiger partial charge < -0.3 is 9.84 Å². The SMILES string of the molecule is CCOC(Cc1cc(C)cc(C)c1)C(=O)O. The molecule has 0 amide bonds. The first kappa shape index (κ1) is 12.7. The second-order valence-electron chi connectivity index (χ2n) is 3.98. The van der Waals surface area contributed by atoms with E-state index in [-0.39, 0.29) is 0 Å². The molecule has 0 aliphatic carbocycles. The van der Waals surface area contributed by atoms with Crippen molar-refractivity contribution in [2.24, 2.45) is 0 Å². The fourth-order valence-corrected chi connectivity index (χ4v) is 1.82. The number of benzene rings is 1. The standard InChI is InChI=1S/C13H18O3/c1-4-16-12(13(14)15)8-11-6-9(2)5-10(3)7-11/h5-7,12H,4,8H2,1-3H3,(H,14,15). The number of hydrogen-bond donors (Lipinski definition) is 1. The van der Waals surface area contributed by atoms with Gasteiger partial charge in [-0.05, 0) is 26.3 Å². The molecule has 1 N–H and O–H groups in total. The molecule has 1 rings (SSSR count). The van der Waals surface area contributed by atoms with Crippen molar-refractivity contribution in [3.8, 4) is 0 Å². The third-order valence-electron chi connectivity index (χ3n) is 2.35. The zero-order chi connectivity index (χ0) is 12.1. The summed E-state index contributed by atoms with van der Waals surface area (Å²) in [4.78, 5) is 10.9. The molecule has 0 aromatic heterocycles. The second-order valence-corrected chi connectivity index (χ2v) is 3.98. The number of aryl methyl sites for hydroxylation is 2. The van der Waals surface area contributed by atoms with Crippen LogP contribution in [0, 0.1) is 13.8 Å². The highest BCUT2D eigenvalue weighted by molar-refractivity contribution is 5.72. The molecule has 0 bridgehead atoms. The number of aliphatic carboxylic acids is 1. The molecule has 0 fully saturated rings. The first-order valence-corrected chi connectivity index (χ1v) is 5.44. The van der Waals surface area contributed by atoms with Crippen LogP contribution in [-0.2, 0) is 16.0 Å². The fraction of sp³-hybridized carbons (Fsp3) is 0.462. The molecule has 16 heavy (non-hydrogen) atoms. The maximum Gasteiger partial charge on any atom is 0.333 e. The van der Waals surface area contributed by atoms with Crippen LogP contribution in [0.25, 0.3) is 0 Å². The molecule has 0 saturated heterocycles. The normalized spacial score (nSPS) is 12.4. The van der Waals surface area contributed by atoms with Gasteiger partial charge in [-0.3, -0.25) is 0 Å². The maximum absolute atomic E-state index is 10.9. The van der Waals surface area contributed by atoms with E-state index in [9.17, 15) is 4.79 Å². The summed E-state index contributed by atoms with van der Waals surface area (Å²) in [5.41, 5.74) is 3.31. The molecule has 0 saturated carbocycles. The van der Waals surface area contributed by atoms with Crippen LogP contribution in [-0.4, -0.2) is 23.8 Å². The third kappa shape index (κ3) is 3.66. The Bertz CT molecular complexity index is 351. The lowest BCUT2D eigenvalue weighted by atomic mass is 10.0. The van der Waals surface area contributed by atoms with Gasteiger partial charge in [0.1, 0.15) is 0 Å². The summed E-state index contributed by atoms with van der Waals surface area (Å²) in [7, 11) is 0. The number of rotatable bonds is 5. The van der Waals surface area contributed by atoms with Crippen LogP contribution in [0.5, 0.6) is 0 Å². The van der Waals surface area contributed by atoms with Gasteiger partial charge in [-0.25, -0.2) is 4.79 Å². The average Bonchev–Trinajstić information content (AvgIpc) is 2.15. The highest BCUT2D eigenvalue weighted by Crippen LogP contribution is 2.12. The molecule has 1 aromatic carbocycles. The van der Waals surface area contributed by atoms with Crippen LogP contribution in [0.3, 0.4) is 0 Å². The molecule has 1 aromatic rings. The van der Waals surface area contributed by atoms with E-state index in [0.29, 0.717) is 13.0 Å². The summed E-state index contributed by atoms with van der Waals surface area (Å²) in [5.74, 6) is -0.902. The molecule has 3 nitrogen and oxygen atoms in total. The Morgan fingerprint density at radius 3 is 2.31 bits per heavy atom. The summed E-state index contributed by atoms with van der Waals surface area (Å²) in [6, 6.07) is 6.07. The Morgan fingerprint density at radius 1 is 1.31 bits per heavy atom. The van der Waals surface area contributed by atoms with Gasteiger partial charge in [0.2, 0.25) is 0 Å². The smallest absolute Gasteiger partial charge is 0.333 e. The number of carbonyl (C=O) groups is 1. The van der Waals surface area contributed by atoms with Gasteiger partial charge in [0.15, 0.2) is 6.10 Å². The van der Waals surface area contributed by atoms with Crippen molar-refractivity contribution < 1.29 is 14.6 Å². The van der Waals surface area contributed by atoms with Crippen molar-refractivity contribution in [1.82, 2.24) is 0 Å². The molecule has 0 spiro atoms. The number of ether oxygens (including phenoxy) is 1. The van der Waals surface area contributed by atoms with Gasteiger partial charge >= 0.3 is 5.97 Å². The van der Waals surface area contributed by atoms with E-state index in [1.807, 2.05) is 26.0 Å². The van der Waals surface area contributed by atoms with Gasteiger partial charge in [-0.1, -0.05) is 29.3 Å². The molecule has 1 unspecified atom stereocenters. The van der Waals surface area contributed by atoms with Crippen molar-refractivity contribution in [1.29, 1.82) is 0 Å². The molecular weight excluding hydrogens is 204 g/mol. The summed E-state index contributed by atoms with van der Waals surface area (Å²) >= 11 is 0. The van der Waals surface area contributed by atoms with E-state index in [2.05, 4.69) is 6.07 Å². The predicted octanol–water partition coefficient (Wildman–Crippen LogP) is 2.34. The lowest BCUT2D eigenvalue weighted by molar-refractivity contribution is -0.149. The highest BCUT2D eigenvalue weighted by atomic mass is 16.5. The molecule has 0 radical (unpaired) electrons. The van der Waals surface area contributed by atoms with Crippen LogP contribution >= 0.6 is 0 Å². The molecule has 1 atom stereocenters. The summed E-state index contributed by atoms with van der Waals surface area (Å²) in [5, 5.41) is 8.98. The van der Waals surface area contributed by atoms with Crippen molar-refractivity contribution >= 4 is 5.97 Å². The summed E-state index contributed by atoms with van der Waals surface area (Å²) in [6.07, 6.45) is -0.322. The average molecular weight is 222 g/mol. The molecular formula is C13H18O3. The Labute approximate surface area is 96.1 Å². The quantitative estimate of drug-likeness (QED) is 0.831. The summed E-state index contributed by atoms with van der Waals surface area (Å²) in [6.45, 7) is 6.24. The first-order chi connectivity index (χ1) is 7.52. The van der Waals surface area contributed by atoms with Crippen molar-refractivity contribution in [2.45, 2.75) is 33.3 Å². The largest absolute Gasteiger partial charge is 0.479 e. The molecule has 0 aliphatic heterocycles. The van der Waals surface area contributed by atoms with Crippen molar-refractivity contribution in [3.63, 3.8) is 0 Å². The number of hydrogen-bond acceptors (Lipinski definition) is 2. The van der Waals surface area contributed by atoms with Crippen molar-refractivity contribution in [3.05, 3.63) is 34.9 Å². The van der Waals surface area contributed by atoms with Gasteiger partial charge in [0.05, 0.1) is 0 Å². The molecule has 88 valence electrons. The molecule has 0 aliphatic rings. The van der Waals surface area contributed by atoms with E-state index in [1.165, 1.54) is 0 Å². The van der Waals surface area contributed by atoms with Gasteiger partial charge in [0, 0.05) is 13.0 Å². The Hall–Kier alpha value is -1.35. The summed E-state index contributed by atoms with van der Waals surface area (Å²) < 4.78 is 5.19. The van der Waals surface area contributed by atoms with Gasteiger partial charge in [-0.2, -0.15) is 0 Å². The Balaban J connectivity index is 2.80. The minimum absolute atomic E-state index is 0.418. The first-order valence-electron chi connectivity index (χ1n) is 5.44. The lowest BCUT2D eigenvalue weighted by Gasteiger charge is -2.13. The monoisotopic (exact) mass is 222 g/mol. The highest BCUT2D eigenvalue weighted by Gasteiger charge is 2.17. The van der Waals surface area contributed by atoms with E-state index in [1.54, 1.807) is 6.92 Å². The van der Waals surface area contributed by atoms with Crippen LogP contribution in [0.1, 0.15) is 23.6 Å². The Morgan fingerprint density at radius 2 is 1.88 bits per heavy atom. The minimum Gasteiger partial charge on any atom is -0.479 e. The molecule has 3 heteroatoms. The van der Waals surface area contributed by atoms with E-state index in [0.717, 1.165) is 16.7 Å². The maximum atomic E-state index is 10.9. The fourth-order valence-electron chi connectivity index (χ4n) is 1.82. The van der Waals surface area contributed by atoms with Crippen LogP contribution < -0.4 is 0 Å². The van der Waals surface area contributed by atoms with Crippen molar-refractivity contribution in [2.75, 3.05) is 6.61 Å². The lowest BCUT2D eigenvalue weighted by Crippen LogP contribution is -2.26. The van der Waals surface area contributed by atoms with E-state index >= 15 is 0 Å². The Kier molecular flexibility index (Phi) is 4.50. The van der Waals surface area contributed by atoms with E-state index in [4.69, 9.17) is 9.84 Å². The van der Waals surface area contributed by atoms with E-state index < -0.39 is 12.1 Å². The van der Waals surface area contributed by atoms with Gasteiger partial charge in [0.25, 0.3) is 0 Å². The minimum atomic E-state index is -0.902. The van der Waals surface area contributed by atoms with Crippen LogP contribution in [0.4, 0.5) is 0 Å². The predicted molar refractivity (Wildman–Crippen MR) is 62.7 cm³/mol. The number of carboxylic acid groups (broad SMARTS) is 1. The van der Waals surface area contributed by atoms with Crippen LogP contribution in [0.15, 0.2) is 18.2 Å². The third-order valence-corrected chi connectivity index (χ3v) is 2.35. The van der Waals surface area contributed by atoms with Gasteiger partial charge in [-0.15, -0.1) is 0 Å². The number of carboxylic acids is 1.